The van der Waals surface area contributed by atoms with Gasteiger partial charge in [0.15, 0.2) is 0 Å². The molecule has 1 aromatic heterocycles. The molecule has 1 aliphatic carbocycles. The third-order valence-electron chi connectivity index (χ3n) is 6.69. The zero-order chi connectivity index (χ0) is 23.3. The number of hydrogen-bond acceptors (Lipinski definition) is 11. The highest BCUT2D eigenvalue weighted by atomic mass is 35.5. The highest BCUT2D eigenvalue weighted by Gasteiger charge is 2.68. The molecule has 4 rings (SSSR count). The molecule has 2 saturated heterocycles. The minimum absolute atomic E-state index is 0.00155. The Morgan fingerprint density at radius 3 is 2.44 bits per heavy atom. The van der Waals surface area contributed by atoms with Crippen molar-refractivity contribution < 1.29 is 34.6 Å². The van der Waals surface area contributed by atoms with Gasteiger partial charge in [0.25, 0.3) is 0 Å². The van der Waals surface area contributed by atoms with E-state index in [0.717, 1.165) is 4.88 Å². The van der Waals surface area contributed by atoms with Crippen molar-refractivity contribution in [3.63, 3.8) is 0 Å². The number of aliphatic hydroxyl groups is 4. The van der Waals surface area contributed by atoms with Gasteiger partial charge in [-0.1, -0.05) is 11.6 Å². The number of hydrogen-bond donors (Lipinski definition) is 7. The number of ether oxygens (including phenoxy) is 3. The van der Waals surface area contributed by atoms with E-state index < -0.39 is 60.3 Å². The SMILES string of the molecule is CN[C@@H]1[C@H](O)[C@H](NC)[C@H]2O[C@]3(O)[C@H](O[C@@H]2[C@H]1O)O[C@H](C)C[C@@]3(O)CNCc1ccc(Cl)s1. The maximum atomic E-state index is 11.6. The van der Waals surface area contributed by atoms with Crippen LogP contribution in [0.25, 0.3) is 0 Å². The highest BCUT2D eigenvalue weighted by molar-refractivity contribution is 7.16. The molecule has 12 heteroatoms. The summed E-state index contributed by atoms with van der Waals surface area (Å²) in [6, 6.07) is 2.34. The van der Waals surface area contributed by atoms with Crippen LogP contribution in [-0.2, 0) is 20.8 Å². The normalized spacial score (nSPS) is 46.5. The maximum Gasteiger partial charge on any atom is 0.249 e. The summed E-state index contributed by atoms with van der Waals surface area (Å²) < 4.78 is 18.6. The molecule has 0 unspecified atom stereocenters. The van der Waals surface area contributed by atoms with Gasteiger partial charge in [0.1, 0.15) is 23.9 Å². The van der Waals surface area contributed by atoms with E-state index in [1.165, 1.54) is 11.3 Å². The van der Waals surface area contributed by atoms with Crippen molar-refractivity contribution in [3.05, 3.63) is 21.3 Å². The molecule has 32 heavy (non-hydrogen) atoms. The topological polar surface area (TPSA) is 145 Å². The molecule has 3 heterocycles. The average molecular weight is 494 g/mol. The summed E-state index contributed by atoms with van der Waals surface area (Å²) in [5, 5.41) is 53.8. The second kappa shape index (κ2) is 9.33. The second-order valence-electron chi connectivity index (χ2n) is 8.81. The van der Waals surface area contributed by atoms with Crippen molar-refractivity contribution >= 4 is 22.9 Å². The first-order valence-electron chi connectivity index (χ1n) is 10.7. The molecule has 0 radical (unpaired) electrons. The Bertz CT molecular complexity index is 805. The van der Waals surface area contributed by atoms with E-state index in [4.69, 9.17) is 25.8 Å². The number of thiophene rings is 1. The Labute approximate surface area is 195 Å². The predicted molar refractivity (Wildman–Crippen MR) is 117 cm³/mol. The quantitative estimate of drug-likeness (QED) is 0.256. The molecule has 1 saturated carbocycles. The Morgan fingerprint density at radius 2 is 1.81 bits per heavy atom. The molecular formula is C20H32ClN3O7S. The zero-order valence-corrected chi connectivity index (χ0v) is 19.8. The van der Waals surface area contributed by atoms with E-state index in [0.29, 0.717) is 10.9 Å². The summed E-state index contributed by atoms with van der Waals surface area (Å²) in [5.41, 5.74) is -1.75. The van der Waals surface area contributed by atoms with E-state index in [1.54, 1.807) is 27.1 Å². The first-order chi connectivity index (χ1) is 15.1. The molecule has 0 amide bonds. The van der Waals surface area contributed by atoms with Gasteiger partial charge in [-0.25, -0.2) is 0 Å². The van der Waals surface area contributed by atoms with Crippen LogP contribution in [0.2, 0.25) is 4.34 Å². The van der Waals surface area contributed by atoms with Crippen LogP contribution in [0.1, 0.15) is 18.2 Å². The maximum absolute atomic E-state index is 11.6. The molecule has 3 fully saturated rings. The third kappa shape index (κ3) is 4.12. The standard InChI is InChI=1S/C20H32ClN3O7S/c1-9-6-19(27,8-24-7-10-4-5-11(21)32-10)20(28)18(29-9)30-17-15(26)12(22-2)14(25)13(23-3)16(17)31-20/h4-5,9,12-18,22-28H,6-8H2,1-3H3/t9-,12-,13+,14+,15+,16-,17-,18+,19-,20-/m1/s1. The van der Waals surface area contributed by atoms with Crippen molar-refractivity contribution in [1.82, 2.24) is 16.0 Å². The highest BCUT2D eigenvalue weighted by Crippen LogP contribution is 2.46. The van der Waals surface area contributed by atoms with Crippen LogP contribution in [0, 0.1) is 0 Å². The van der Waals surface area contributed by atoms with Crippen molar-refractivity contribution in [3.8, 4) is 0 Å². The number of nitrogens with one attached hydrogen (secondary N) is 3. The van der Waals surface area contributed by atoms with Crippen molar-refractivity contribution in [1.29, 1.82) is 0 Å². The largest absolute Gasteiger partial charge is 0.390 e. The Hall–Kier alpha value is -0.410. The minimum atomic E-state index is -2.22. The van der Waals surface area contributed by atoms with E-state index in [2.05, 4.69) is 16.0 Å². The van der Waals surface area contributed by atoms with Crippen molar-refractivity contribution in [2.45, 2.75) is 80.2 Å². The lowest BCUT2D eigenvalue weighted by Gasteiger charge is -2.60. The monoisotopic (exact) mass is 493 g/mol. The van der Waals surface area contributed by atoms with Gasteiger partial charge in [0.05, 0.1) is 28.6 Å². The van der Waals surface area contributed by atoms with Gasteiger partial charge in [-0.3, -0.25) is 0 Å². The summed E-state index contributed by atoms with van der Waals surface area (Å²) in [4.78, 5) is 0.981. The number of likely N-dealkylation sites (N-methyl/N-ethyl adjacent to an activating group) is 2. The molecule has 0 aromatic carbocycles. The van der Waals surface area contributed by atoms with Crippen LogP contribution in [0.4, 0.5) is 0 Å². The zero-order valence-electron chi connectivity index (χ0n) is 18.2. The molecule has 0 bridgehead atoms. The molecule has 182 valence electrons. The molecule has 1 aromatic rings. The lowest BCUT2D eigenvalue weighted by molar-refractivity contribution is -0.482. The summed E-state index contributed by atoms with van der Waals surface area (Å²) in [7, 11) is 3.28. The summed E-state index contributed by atoms with van der Waals surface area (Å²) >= 11 is 7.41. The number of halogens is 1. The van der Waals surface area contributed by atoms with E-state index >= 15 is 0 Å². The van der Waals surface area contributed by atoms with Crippen molar-refractivity contribution in [2.24, 2.45) is 0 Å². The van der Waals surface area contributed by atoms with Crippen LogP contribution in [-0.4, -0.2) is 101 Å². The fraction of sp³-hybridized carbons (Fsp3) is 0.800. The average Bonchev–Trinajstić information content (AvgIpc) is 3.14. The lowest BCUT2D eigenvalue weighted by Crippen LogP contribution is -2.81. The smallest absolute Gasteiger partial charge is 0.249 e. The van der Waals surface area contributed by atoms with Gasteiger partial charge >= 0.3 is 0 Å². The first kappa shape index (κ1) is 24.7. The van der Waals surface area contributed by atoms with Gasteiger partial charge in [0, 0.05) is 24.4 Å². The Balaban J connectivity index is 1.57. The van der Waals surface area contributed by atoms with E-state index in [1.807, 2.05) is 6.07 Å². The summed E-state index contributed by atoms with van der Waals surface area (Å²) in [5.74, 6) is -2.22. The molecule has 10 nitrogen and oxygen atoms in total. The number of fused-ring (bicyclic) bond motifs is 2. The molecule has 2 aliphatic heterocycles. The summed E-state index contributed by atoms with van der Waals surface area (Å²) in [6.07, 6.45) is -5.64. The minimum Gasteiger partial charge on any atom is -0.390 e. The van der Waals surface area contributed by atoms with Crippen LogP contribution in [0.5, 0.6) is 0 Å². The second-order valence-corrected chi connectivity index (χ2v) is 10.6. The molecule has 3 aliphatic rings. The predicted octanol–water partition coefficient (Wildman–Crippen LogP) is -1.26. The van der Waals surface area contributed by atoms with Gasteiger partial charge in [-0.15, -0.1) is 11.3 Å². The van der Waals surface area contributed by atoms with Crippen molar-refractivity contribution in [2.75, 3.05) is 20.6 Å². The Kier molecular flexibility index (Phi) is 7.20. The number of rotatable bonds is 6. The fourth-order valence-electron chi connectivity index (χ4n) is 5.07. The lowest BCUT2D eigenvalue weighted by atomic mass is 9.77. The molecular weight excluding hydrogens is 462 g/mol. The Morgan fingerprint density at radius 1 is 1.09 bits per heavy atom. The van der Waals surface area contributed by atoms with Crippen LogP contribution in [0.3, 0.4) is 0 Å². The molecule has 0 spiro atoms. The molecule has 10 atom stereocenters. The third-order valence-corrected chi connectivity index (χ3v) is 7.93. The van der Waals surface area contributed by atoms with Crippen LogP contribution >= 0.6 is 22.9 Å². The first-order valence-corrected chi connectivity index (χ1v) is 11.9. The van der Waals surface area contributed by atoms with E-state index in [9.17, 15) is 20.4 Å². The molecule has 7 N–H and O–H groups in total. The van der Waals surface area contributed by atoms with Gasteiger partial charge in [0.2, 0.25) is 12.1 Å². The van der Waals surface area contributed by atoms with Gasteiger partial charge in [-0.2, -0.15) is 0 Å². The number of aliphatic hydroxyl groups excluding tert-OH is 2. The van der Waals surface area contributed by atoms with Gasteiger partial charge < -0.3 is 50.6 Å². The van der Waals surface area contributed by atoms with E-state index in [-0.39, 0.29) is 13.0 Å². The van der Waals surface area contributed by atoms with Gasteiger partial charge in [-0.05, 0) is 33.2 Å². The van der Waals surface area contributed by atoms with Crippen LogP contribution in [0.15, 0.2) is 12.1 Å². The summed E-state index contributed by atoms with van der Waals surface area (Å²) in [6.45, 7) is 2.22. The van der Waals surface area contributed by atoms with Crippen LogP contribution < -0.4 is 16.0 Å². The fourth-order valence-corrected chi connectivity index (χ4v) is 6.13.